The number of aromatic carboxylic acids is 1. The fourth-order valence-electron chi connectivity index (χ4n) is 6.70. The van der Waals surface area contributed by atoms with Gasteiger partial charge in [-0.05, 0) is 92.5 Å². The van der Waals surface area contributed by atoms with E-state index in [0.717, 1.165) is 23.3 Å². The van der Waals surface area contributed by atoms with Gasteiger partial charge in [-0.2, -0.15) is 0 Å². The van der Waals surface area contributed by atoms with Gasteiger partial charge in [-0.25, -0.2) is 24.2 Å². The van der Waals surface area contributed by atoms with Gasteiger partial charge in [0.1, 0.15) is 17.2 Å². The van der Waals surface area contributed by atoms with E-state index in [2.05, 4.69) is 25.6 Å². The lowest BCUT2D eigenvalue weighted by molar-refractivity contribution is -0.166. The minimum absolute atomic E-state index is 0.0165. The lowest BCUT2D eigenvalue weighted by atomic mass is 9.92. The van der Waals surface area contributed by atoms with E-state index in [4.69, 9.17) is 54.4 Å². The minimum atomic E-state index is -1.76. The number of benzene rings is 3. The molecule has 0 unspecified atom stereocenters. The van der Waals surface area contributed by atoms with Crippen molar-refractivity contribution in [3.05, 3.63) is 119 Å². The number of hydrazine groups is 1. The van der Waals surface area contributed by atoms with Crippen LogP contribution in [0.15, 0.2) is 100 Å². The summed E-state index contributed by atoms with van der Waals surface area (Å²) in [6.45, 7) is 15.2. The molecule has 432 valence electrons. The molecule has 3 atom stereocenters. The normalized spacial score (nSPS) is 12.4. The van der Waals surface area contributed by atoms with E-state index in [1.54, 1.807) is 118 Å². The Bertz CT molecular complexity index is 2870. The molecule has 0 aliphatic rings. The molecule has 0 saturated carbocycles. The maximum absolute atomic E-state index is 13.3. The van der Waals surface area contributed by atoms with E-state index in [1.807, 2.05) is 30.3 Å². The number of aliphatic hydroxyl groups is 1. The van der Waals surface area contributed by atoms with Gasteiger partial charge in [0.2, 0.25) is 25.1 Å². The molecule has 0 saturated heterocycles. The molecule has 24 nitrogen and oxygen atoms in total. The van der Waals surface area contributed by atoms with E-state index in [1.165, 1.54) is 5.01 Å². The number of aromatic nitrogens is 2. The molecular weight excluding hydrogens is 1070 g/mol. The number of esters is 4. The molecule has 2 amide bonds. The fraction of sp³-hybridized carbons (Fsp3) is 0.418. The molecule has 25 heteroatoms. The molecule has 0 fully saturated rings. The number of carbonyl (C=O) groups is 8. The minimum Gasteiger partial charge on any atom is -0.475 e. The molecule has 5 rings (SSSR count). The number of ketones is 1. The second-order valence-electron chi connectivity index (χ2n) is 20.3. The van der Waals surface area contributed by atoms with E-state index >= 15 is 0 Å². The number of alkyl carbamates (subject to hydrolysis) is 1. The fourth-order valence-corrected chi connectivity index (χ4v) is 6.89. The first-order valence-corrected chi connectivity index (χ1v) is 25.3. The number of hydrogen-bond acceptors (Lipinski definition) is 21. The Kier molecular flexibility index (Phi) is 24.2. The van der Waals surface area contributed by atoms with Crippen LogP contribution in [-0.2, 0) is 49.4 Å². The third kappa shape index (κ3) is 22.6. The summed E-state index contributed by atoms with van der Waals surface area (Å²) in [4.78, 5) is 98.0. The zero-order chi connectivity index (χ0) is 59.3. The molecule has 0 radical (unpaired) electrons. The van der Waals surface area contributed by atoms with Crippen LogP contribution in [0.5, 0.6) is 11.8 Å². The summed E-state index contributed by atoms with van der Waals surface area (Å²) in [5, 5.41) is 30.8. The number of hydrogen-bond donors (Lipinski definition) is 4. The summed E-state index contributed by atoms with van der Waals surface area (Å²) in [5.74, 6) is -7.92. The van der Waals surface area contributed by atoms with Crippen LogP contribution >= 0.6 is 11.6 Å². The lowest BCUT2D eigenvalue weighted by Gasteiger charge is -2.24. The van der Waals surface area contributed by atoms with Crippen LogP contribution in [0.4, 0.5) is 4.79 Å². The smallest absolute Gasteiger partial charge is 0.408 e. The predicted octanol–water partition coefficient (Wildman–Crippen LogP) is 7.61. The van der Waals surface area contributed by atoms with Crippen molar-refractivity contribution in [1.29, 1.82) is 0 Å². The van der Waals surface area contributed by atoms with E-state index in [9.17, 15) is 43.5 Å². The molecular formula is C55H66ClN5O19. The number of nitrogens with one attached hydrogen (secondary N) is 2. The first-order valence-electron chi connectivity index (χ1n) is 24.9. The monoisotopic (exact) mass is 1140 g/mol. The number of nitrogens with zero attached hydrogens (tertiary/aromatic N) is 3. The summed E-state index contributed by atoms with van der Waals surface area (Å²) in [5.41, 5.74) is 3.99. The van der Waals surface area contributed by atoms with Gasteiger partial charge in [-0.3, -0.25) is 24.6 Å². The third-order valence-electron chi connectivity index (χ3n) is 10.6. The lowest BCUT2D eigenvalue weighted by Crippen LogP contribution is -2.47. The van der Waals surface area contributed by atoms with Crippen molar-refractivity contribution in [2.24, 2.45) is 17.8 Å². The van der Waals surface area contributed by atoms with Gasteiger partial charge in [0.05, 0.1) is 31.0 Å². The predicted molar refractivity (Wildman–Crippen MR) is 282 cm³/mol. The van der Waals surface area contributed by atoms with E-state index in [0.29, 0.717) is 16.1 Å². The molecule has 0 aliphatic carbocycles. The number of rotatable bonds is 25. The average molecular weight is 1140 g/mol. The van der Waals surface area contributed by atoms with Crippen molar-refractivity contribution >= 4 is 59.2 Å². The average Bonchev–Trinajstić information content (AvgIpc) is 4.07. The Morgan fingerprint density at radius 2 is 1.26 bits per heavy atom. The molecule has 5 aromatic rings. The molecule has 2 heterocycles. The van der Waals surface area contributed by atoms with Gasteiger partial charge in [-0.1, -0.05) is 106 Å². The highest BCUT2D eigenvalue weighted by molar-refractivity contribution is 6.30. The van der Waals surface area contributed by atoms with Gasteiger partial charge in [-0.15, -0.1) is 0 Å². The highest BCUT2D eigenvalue weighted by atomic mass is 35.5. The maximum Gasteiger partial charge on any atom is 0.408 e. The Morgan fingerprint density at radius 3 is 1.81 bits per heavy atom. The summed E-state index contributed by atoms with van der Waals surface area (Å²) < 4.78 is 45.6. The van der Waals surface area contributed by atoms with Gasteiger partial charge >= 0.3 is 41.8 Å². The second kappa shape index (κ2) is 30.1. The zero-order valence-electron chi connectivity index (χ0n) is 45.8. The Morgan fingerprint density at radius 1 is 0.675 bits per heavy atom. The number of Topliss-reactive ketones (excluding diaryl/α,β-unsaturated/α-hetero) is 1. The van der Waals surface area contributed by atoms with Gasteiger partial charge in [0, 0.05) is 17.1 Å². The van der Waals surface area contributed by atoms with Gasteiger partial charge < -0.3 is 57.7 Å². The van der Waals surface area contributed by atoms with Crippen LogP contribution in [-0.4, -0.2) is 123 Å². The van der Waals surface area contributed by atoms with Crippen molar-refractivity contribution in [2.45, 2.75) is 106 Å². The molecule has 0 aliphatic heterocycles. The van der Waals surface area contributed by atoms with Gasteiger partial charge in [0.15, 0.2) is 18.5 Å². The number of ether oxygens (including phenoxy) is 7. The Balaban J connectivity index is 0.000000461. The van der Waals surface area contributed by atoms with E-state index in [-0.39, 0.29) is 42.3 Å². The SMILES string of the molecule is CC(C)[C@H](CC(=O)OC(C)(C)C)C(=O)OCOc1cc(C(=O)NN(Cc2ccc(-c3cccc(Cl)c3)cc2)C[C@@H](O)C(=O)OCC(=O)c2ccccc2)on1.CC(C)[C@H](NC(=O)OC(C)(C)C)C(=O)OCOc1cc(C(=O)O)on1. The number of carbonyl (C=O) groups excluding carboxylic acids is 7. The molecule has 0 bridgehead atoms. The number of carboxylic acids is 1. The molecule has 0 spiro atoms. The van der Waals surface area contributed by atoms with Crippen molar-refractivity contribution in [1.82, 2.24) is 26.1 Å². The quantitative estimate of drug-likeness (QED) is 0.0143. The van der Waals surface area contributed by atoms with Crippen LogP contribution in [0.25, 0.3) is 11.1 Å². The summed E-state index contributed by atoms with van der Waals surface area (Å²) >= 11 is 6.15. The molecule has 3 aromatic carbocycles. The first-order chi connectivity index (χ1) is 37.6. The summed E-state index contributed by atoms with van der Waals surface area (Å²) in [7, 11) is 0. The van der Waals surface area contributed by atoms with Crippen LogP contribution in [0.3, 0.4) is 0 Å². The summed E-state index contributed by atoms with van der Waals surface area (Å²) in [6, 6.07) is 24.1. The highest BCUT2D eigenvalue weighted by Crippen LogP contribution is 2.25. The third-order valence-corrected chi connectivity index (χ3v) is 10.8. The van der Waals surface area contributed by atoms with E-state index < -0.39 is 109 Å². The van der Waals surface area contributed by atoms with Crippen LogP contribution < -0.4 is 20.2 Å². The van der Waals surface area contributed by atoms with Crippen molar-refractivity contribution < 1.29 is 90.8 Å². The van der Waals surface area contributed by atoms with Crippen LogP contribution in [0, 0.1) is 17.8 Å². The Labute approximate surface area is 466 Å². The number of halogens is 1. The molecule has 2 aromatic heterocycles. The first kappa shape index (κ1) is 64.2. The Hall–Kier alpha value is -8.35. The molecule has 80 heavy (non-hydrogen) atoms. The van der Waals surface area contributed by atoms with Crippen LogP contribution in [0.1, 0.15) is 113 Å². The largest absolute Gasteiger partial charge is 0.475 e. The van der Waals surface area contributed by atoms with Gasteiger partial charge in [0.25, 0.3) is 11.8 Å². The molecule has 4 N–H and O–H groups in total. The maximum atomic E-state index is 13.3. The number of amides is 2. The standard InChI is InChI=1S/C40H44ClN3O11.C15H22N2O8/c1-25(2)31(19-36(47)54-40(3,4)5)38(49)53-24-52-35-20-34(55-43-35)37(48)42-44(21-26-14-16-27(17-15-26)29-12-9-13-30(41)18-29)22-32(45)39(50)51-23-33(46)28-10-7-6-8-11-28;1-8(2)11(16-14(21)24-15(3,4)5)13(20)23-7-22-10-6-9(12(18)19)25-17-10/h6-18,20,25,31-32,45H,19,21-24H2,1-5H3,(H,42,48);6,8,11H,7H2,1-5H3,(H,16,21)(H,18,19)/t31-,32+;11-/m00/s1. The van der Waals surface area contributed by atoms with Crippen molar-refractivity contribution in [2.75, 3.05) is 26.7 Å². The zero-order valence-corrected chi connectivity index (χ0v) is 46.6. The topological polar surface area (TPSA) is 321 Å². The number of carboxylic acid groups (broad SMARTS) is 1. The van der Waals surface area contributed by atoms with Crippen molar-refractivity contribution in [3.8, 4) is 22.9 Å². The summed E-state index contributed by atoms with van der Waals surface area (Å²) in [6.07, 6.45) is -2.68. The number of aliphatic hydroxyl groups excluding tert-OH is 1. The highest BCUT2D eigenvalue weighted by Gasteiger charge is 2.31. The van der Waals surface area contributed by atoms with Crippen LogP contribution in [0.2, 0.25) is 5.02 Å². The van der Waals surface area contributed by atoms with Crippen molar-refractivity contribution in [3.63, 3.8) is 0 Å². The second-order valence-corrected chi connectivity index (χ2v) is 20.7.